The number of rotatable bonds is 4. The molecule has 2 rings (SSSR count). The summed E-state index contributed by atoms with van der Waals surface area (Å²) in [7, 11) is -2.77. The van der Waals surface area contributed by atoms with Crippen molar-refractivity contribution in [2.75, 3.05) is 50.9 Å². The zero-order valence-electron chi connectivity index (χ0n) is 11.1. The lowest BCUT2D eigenvalue weighted by atomic mass is 9.95. The van der Waals surface area contributed by atoms with Crippen LogP contribution in [0.25, 0.3) is 0 Å². The summed E-state index contributed by atoms with van der Waals surface area (Å²) >= 11 is 0. The van der Waals surface area contributed by atoms with Crippen LogP contribution >= 0.6 is 0 Å². The Morgan fingerprint density at radius 1 is 1.33 bits per heavy atom. The van der Waals surface area contributed by atoms with Crippen LogP contribution in [0.1, 0.15) is 13.3 Å². The normalized spacial score (nSPS) is 33.4. The molecule has 0 aromatic rings. The van der Waals surface area contributed by atoms with Crippen molar-refractivity contribution in [3.8, 4) is 0 Å². The largest absolute Gasteiger partial charge is 0.381 e. The van der Waals surface area contributed by atoms with Crippen molar-refractivity contribution < 1.29 is 13.2 Å². The number of nitrogens with one attached hydrogen (secondary N) is 1. The van der Waals surface area contributed by atoms with Gasteiger partial charge >= 0.3 is 0 Å². The van der Waals surface area contributed by atoms with Crippen molar-refractivity contribution in [3.05, 3.63) is 0 Å². The van der Waals surface area contributed by atoms with E-state index in [0.717, 1.165) is 32.7 Å². The maximum absolute atomic E-state index is 11.4. The van der Waals surface area contributed by atoms with E-state index in [0.29, 0.717) is 36.6 Å². The molecule has 2 saturated heterocycles. The maximum Gasteiger partial charge on any atom is 0.152 e. The van der Waals surface area contributed by atoms with Crippen molar-refractivity contribution >= 4 is 9.84 Å². The molecule has 2 aliphatic heterocycles. The second-order valence-electron chi connectivity index (χ2n) is 5.24. The SMILES string of the molecule is CCNC1CCOCC1CN1CCS(=O)(=O)CC1. The lowest BCUT2D eigenvalue weighted by molar-refractivity contribution is 0.0181. The van der Waals surface area contributed by atoms with Gasteiger partial charge in [0.2, 0.25) is 0 Å². The Bertz CT molecular complexity index is 342. The average molecular weight is 276 g/mol. The van der Waals surface area contributed by atoms with E-state index in [4.69, 9.17) is 4.74 Å². The third-order valence-corrected chi connectivity index (χ3v) is 5.48. The summed E-state index contributed by atoms with van der Waals surface area (Å²) in [5.74, 6) is 1.11. The first-order valence-corrected chi connectivity index (χ1v) is 8.67. The number of nitrogens with zero attached hydrogens (tertiary/aromatic N) is 1. The number of hydrogen-bond donors (Lipinski definition) is 1. The minimum absolute atomic E-state index is 0.312. The average Bonchev–Trinajstić information content (AvgIpc) is 2.35. The summed E-state index contributed by atoms with van der Waals surface area (Å²) in [4.78, 5) is 2.27. The topological polar surface area (TPSA) is 58.6 Å². The highest BCUT2D eigenvalue weighted by molar-refractivity contribution is 7.91. The first-order valence-electron chi connectivity index (χ1n) is 6.84. The van der Waals surface area contributed by atoms with Crippen molar-refractivity contribution in [1.29, 1.82) is 0 Å². The number of ether oxygens (including phenoxy) is 1. The van der Waals surface area contributed by atoms with Crippen LogP contribution in [0.15, 0.2) is 0 Å². The predicted octanol–water partition coefficient (Wildman–Crippen LogP) is -0.269. The Kier molecular flexibility index (Phi) is 5.00. The Labute approximate surface area is 110 Å². The van der Waals surface area contributed by atoms with Gasteiger partial charge in [0.1, 0.15) is 0 Å². The van der Waals surface area contributed by atoms with Crippen LogP contribution in [0.4, 0.5) is 0 Å². The van der Waals surface area contributed by atoms with Crippen molar-refractivity contribution in [2.24, 2.45) is 5.92 Å². The van der Waals surface area contributed by atoms with Crippen LogP contribution in [-0.4, -0.2) is 70.3 Å². The molecule has 18 heavy (non-hydrogen) atoms. The zero-order chi connectivity index (χ0) is 13.0. The molecule has 0 saturated carbocycles. The molecule has 106 valence electrons. The van der Waals surface area contributed by atoms with Crippen LogP contribution < -0.4 is 5.32 Å². The Hall–Kier alpha value is -0.170. The zero-order valence-corrected chi connectivity index (χ0v) is 11.9. The number of sulfone groups is 1. The second kappa shape index (κ2) is 6.32. The van der Waals surface area contributed by atoms with Gasteiger partial charge in [0.25, 0.3) is 0 Å². The van der Waals surface area contributed by atoms with Gasteiger partial charge in [-0.1, -0.05) is 6.92 Å². The quantitative estimate of drug-likeness (QED) is 0.766. The van der Waals surface area contributed by atoms with E-state index in [9.17, 15) is 8.42 Å². The van der Waals surface area contributed by atoms with Crippen LogP contribution in [0.5, 0.6) is 0 Å². The van der Waals surface area contributed by atoms with Gasteiger partial charge in [-0.25, -0.2) is 8.42 Å². The van der Waals surface area contributed by atoms with Crippen molar-refractivity contribution in [1.82, 2.24) is 10.2 Å². The summed E-state index contributed by atoms with van der Waals surface area (Å²) in [6.07, 6.45) is 1.06. The van der Waals surface area contributed by atoms with E-state index in [2.05, 4.69) is 17.1 Å². The van der Waals surface area contributed by atoms with Gasteiger partial charge in [0, 0.05) is 38.2 Å². The van der Waals surface area contributed by atoms with E-state index in [1.54, 1.807) is 0 Å². The van der Waals surface area contributed by atoms with Gasteiger partial charge in [0.15, 0.2) is 9.84 Å². The van der Waals surface area contributed by atoms with Crippen molar-refractivity contribution in [2.45, 2.75) is 19.4 Å². The molecule has 0 aromatic heterocycles. The highest BCUT2D eigenvalue weighted by Gasteiger charge is 2.29. The summed E-state index contributed by atoms with van der Waals surface area (Å²) in [6, 6.07) is 0.516. The Balaban J connectivity index is 1.84. The molecular formula is C12H24N2O3S. The Morgan fingerprint density at radius 2 is 2.06 bits per heavy atom. The maximum atomic E-state index is 11.4. The van der Waals surface area contributed by atoms with E-state index >= 15 is 0 Å². The molecule has 6 heteroatoms. The molecule has 0 aliphatic carbocycles. The molecule has 1 N–H and O–H groups in total. The fourth-order valence-electron chi connectivity index (χ4n) is 2.77. The molecule has 2 fully saturated rings. The molecule has 5 nitrogen and oxygen atoms in total. The summed E-state index contributed by atoms with van der Waals surface area (Å²) in [6.45, 7) is 7.04. The fraction of sp³-hybridized carbons (Fsp3) is 1.00. The first-order chi connectivity index (χ1) is 8.61. The van der Waals surface area contributed by atoms with E-state index in [1.807, 2.05) is 0 Å². The highest BCUT2D eigenvalue weighted by Crippen LogP contribution is 2.17. The van der Waals surface area contributed by atoms with Gasteiger partial charge in [-0.05, 0) is 13.0 Å². The summed E-state index contributed by atoms with van der Waals surface area (Å²) in [5, 5.41) is 3.52. The monoisotopic (exact) mass is 276 g/mol. The lowest BCUT2D eigenvalue weighted by Gasteiger charge is -2.37. The smallest absolute Gasteiger partial charge is 0.152 e. The predicted molar refractivity (Wildman–Crippen MR) is 71.5 cm³/mol. The van der Waals surface area contributed by atoms with Crippen LogP contribution in [-0.2, 0) is 14.6 Å². The summed E-state index contributed by atoms with van der Waals surface area (Å²) < 4.78 is 28.3. The van der Waals surface area contributed by atoms with Gasteiger partial charge in [0.05, 0.1) is 18.1 Å². The molecule has 2 aliphatic rings. The van der Waals surface area contributed by atoms with E-state index in [1.165, 1.54) is 0 Å². The molecule has 0 amide bonds. The van der Waals surface area contributed by atoms with Crippen LogP contribution in [0, 0.1) is 5.92 Å². The molecular weight excluding hydrogens is 252 g/mol. The van der Waals surface area contributed by atoms with Gasteiger partial charge in [-0.3, -0.25) is 0 Å². The highest BCUT2D eigenvalue weighted by atomic mass is 32.2. The van der Waals surface area contributed by atoms with Gasteiger partial charge < -0.3 is 15.0 Å². The minimum Gasteiger partial charge on any atom is -0.381 e. The van der Waals surface area contributed by atoms with Crippen LogP contribution in [0.3, 0.4) is 0 Å². The first kappa shape index (κ1) is 14.2. The minimum atomic E-state index is -2.77. The molecule has 0 spiro atoms. The molecule has 0 radical (unpaired) electrons. The van der Waals surface area contributed by atoms with Crippen LogP contribution in [0.2, 0.25) is 0 Å². The molecule has 0 aromatic carbocycles. The molecule has 0 bridgehead atoms. The lowest BCUT2D eigenvalue weighted by Crippen LogP contribution is -2.50. The third-order valence-electron chi connectivity index (χ3n) is 3.87. The molecule has 2 unspecified atom stereocenters. The molecule has 2 heterocycles. The summed E-state index contributed by atoms with van der Waals surface area (Å²) in [5.41, 5.74) is 0. The third kappa shape index (κ3) is 3.91. The fourth-order valence-corrected chi connectivity index (χ4v) is 4.05. The van der Waals surface area contributed by atoms with E-state index in [-0.39, 0.29) is 0 Å². The van der Waals surface area contributed by atoms with Gasteiger partial charge in [-0.2, -0.15) is 0 Å². The number of hydrogen-bond acceptors (Lipinski definition) is 5. The van der Waals surface area contributed by atoms with Crippen molar-refractivity contribution in [3.63, 3.8) is 0 Å². The standard InChI is InChI=1S/C12H24N2O3S/c1-2-13-12-3-6-17-10-11(12)9-14-4-7-18(15,16)8-5-14/h11-13H,2-10H2,1H3. The van der Waals surface area contributed by atoms with E-state index < -0.39 is 9.84 Å². The van der Waals surface area contributed by atoms with Gasteiger partial charge in [-0.15, -0.1) is 0 Å². The Morgan fingerprint density at radius 3 is 2.72 bits per heavy atom. The second-order valence-corrected chi connectivity index (χ2v) is 7.54. The molecule has 2 atom stereocenters.